The summed E-state index contributed by atoms with van der Waals surface area (Å²) >= 11 is 0. The van der Waals surface area contributed by atoms with Gasteiger partial charge in [0.05, 0.1) is 19.4 Å². The Morgan fingerprint density at radius 1 is 1.32 bits per heavy atom. The van der Waals surface area contributed by atoms with Crippen LogP contribution in [0.2, 0.25) is 0 Å². The van der Waals surface area contributed by atoms with E-state index < -0.39 is 7.37 Å². The van der Waals surface area contributed by atoms with Crippen LogP contribution < -0.4 is 5.32 Å². The molecule has 1 heterocycles. The third kappa shape index (κ3) is 10.2. The van der Waals surface area contributed by atoms with Crippen LogP contribution in [0.15, 0.2) is 67.3 Å². The minimum atomic E-state index is -2.89. The molecule has 5 nitrogen and oxygen atoms in total. The molecule has 2 atom stereocenters. The van der Waals surface area contributed by atoms with E-state index in [1.54, 1.807) is 24.3 Å². The zero-order valence-corrected chi connectivity index (χ0v) is 20.2. The summed E-state index contributed by atoms with van der Waals surface area (Å²) in [6, 6.07) is 0. The second-order valence-electron chi connectivity index (χ2n) is 8.37. The van der Waals surface area contributed by atoms with E-state index in [1.165, 1.54) is 0 Å². The van der Waals surface area contributed by atoms with Crippen molar-refractivity contribution < 1.29 is 18.6 Å². The number of hydrogen-bond donors (Lipinski definition) is 1. The predicted octanol–water partition coefficient (Wildman–Crippen LogP) is 5.78. The van der Waals surface area contributed by atoms with Crippen molar-refractivity contribution in [1.82, 2.24) is 5.32 Å². The van der Waals surface area contributed by atoms with Crippen molar-refractivity contribution in [1.29, 1.82) is 0 Å². The van der Waals surface area contributed by atoms with Gasteiger partial charge in [-0.25, -0.2) is 0 Å². The Balaban J connectivity index is 2.66. The number of allylic oxidation sites excluding steroid dienone is 6. The molecular weight excluding hydrogens is 409 g/mol. The van der Waals surface area contributed by atoms with E-state index >= 15 is 0 Å². The molecule has 0 spiro atoms. The van der Waals surface area contributed by atoms with Gasteiger partial charge >= 0.3 is 0 Å². The molecule has 31 heavy (non-hydrogen) atoms. The minimum absolute atomic E-state index is 0.0105. The molecule has 1 saturated heterocycles. The molecule has 0 radical (unpaired) electrons. The van der Waals surface area contributed by atoms with E-state index in [4.69, 9.17) is 9.26 Å². The topological polar surface area (TPSA) is 64.6 Å². The van der Waals surface area contributed by atoms with E-state index in [1.807, 2.05) is 13.0 Å². The fourth-order valence-corrected chi connectivity index (χ4v) is 5.82. The van der Waals surface area contributed by atoms with Crippen LogP contribution in [0.1, 0.15) is 40.0 Å². The molecule has 1 rings (SSSR count). The lowest BCUT2D eigenvalue weighted by molar-refractivity contribution is -0.118. The lowest BCUT2D eigenvalue weighted by atomic mass is 9.76. The second kappa shape index (κ2) is 13.4. The quantitative estimate of drug-likeness (QED) is 0.168. The predicted molar refractivity (Wildman–Crippen MR) is 129 cm³/mol. The summed E-state index contributed by atoms with van der Waals surface area (Å²) < 4.78 is 25.0. The van der Waals surface area contributed by atoms with Crippen molar-refractivity contribution in [3.8, 4) is 0 Å². The lowest BCUT2D eigenvalue weighted by Crippen LogP contribution is -2.34. The highest BCUT2D eigenvalue weighted by molar-refractivity contribution is 7.59. The molecule has 0 saturated carbocycles. The minimum Gasteiger partial charge on any atom is -0.494 e. The maximum Gasteiger partial charge on any atom is 0.207 e. The summed E-state index contributed by atoms with van der Waals surface area (Å²) in [5, 5.41) is 3.29. The highest BCUT2D eigenvalue weighted by Gasteiger charge is 2.41. The summed E-state index contributed by atoms with van der Waals surface area (Å²) in [6.45, 7) is 19.0. The first-order valence-corrected chi connectivity index (χ1v) is 12.8. The average Bonchev–Trinajstić information content (AvgIpc) is 2.83. The number of Topliss-reactive ketones (excluding diaryl/α,β-unsaturated/α-hetero) is 1. The Kier molecular flexibility index (Phi) is 11.6. The number of nitrogens with one attached hydrogen (secondary N) is 1. The molecule has 1 aliphatic rings. The number of rotatable bonds is 13. The van der Waals surface area contributed by atoms with Crippen LogP contribution in [-0.2, 0) is 18.6 Å². The molecule has 0 aliphatic carbocycles. The van der Waals surface area contributed by atoms with Gasteiger partial charge in [0.15, 0.2) is 0 Å². The van der Waals surface area contributed by atoms with Gasteiger partial charge in [0, 0.05) is 37.2 Å². The van der Waals surface area contributed by atoms with E-state index in [9.17, 15) is 9.36 Å². The van der Waals surface area contributed by atoms with Crippen LogP contribution >= 0.6 is 7.37 Å². The van der Waals surface area contributed by atoms with Crippen molar-refractivity contribution in [2.24, 2.45) is 11.3 Å². The summed E-state index contributed by atoms with van der Waals surface area (Å²) in [5.41, 5.74) is 3.37. The normalized spacial score (nSPS) is 23.1. The molecule has 2 unspecified atom stereocenters. The highest BCUT2D eigenvalue weighted by Crippen LogP contribution is 2.55. The maximum atomic E-state index is 13.5. The average molecular weight is 448 g/mol. The van der Waals surface area contributed by atoms with Gasteiger partial charge in [0.2, 0.25) is 7.37 Å². The van der Waals surface area contributed by atoms with Crippen molar-refractivity contribution in [3.05, 3.63) is 67.3 Å². The third-order valence-corrected chi connectivity index (χ3v) is 7.92. The standard InChI is InChI=1S/C25H38NO4P/c1-7-9-10-11-12-13-21(3)29-18-19-31(28)20-24(25(5,6)15-17-30-31)22(4)26-16-14-23(27)8-2/h9-13,24,26H,1,3-4,8,14-20H2,2,5-6H3/b11-10-,13-12+. The van der Waals surface area contributed by atoms with E-state index in [2.05, 4.69) is 44.6 Å². The SMILES string of the molecule is C=C=C/C=C\C=C\C(=C)OCCP1(=O)CC(C(=C)NCCC(=O)CC)C(C)(C)CCO1. The zero-order valence-electron chi connectivity index (χ0n) is 19.3. The van der Waals surface area contributed by atoms with E-state index in [0.717, 1.165) is 12.1 Å². The van der Waals surface area contributed by atoms with Crippen molar-refractivity contribution in [2.45, 2.75) is 40.0 Å². The van der Waals surface area contributed by atoms with Gasteiger partial charge in [0.25, 0.3) is 0 Å². The Hall–Kier alpha value is -2.06. The van der Waals surface area contributed by atoms with Gasteiger partial charge < -0.3 is 14.6 Å². The molecule has 0 bridgehead atoms. The smallest absolute Gasteiger partial charge is 0.207 e. The van der Waals surface area contributed by atoms with E-state index in [0.29, 0.717) is 44.1 Å². The molecule has 1 fully saturated rings. The Labute approximate surface area is 188 Å². The summed E-state index contributed by atoms with van der Waals surface area (Å²) in [5.74, 6) is 0.703. The van der Waals surface area contributed by atoms with Crippen molar-refractivity contribution in [3.63, 3.8) is 0 Å². The fraction of sp³-hybridized carbons (Fsp3) is 0.520. The summed E-state index contributed by atoms with van der Waals surface area (Å²) in [4.78, 5) is 11.6. The van der Waals surface area contributed by atoms with Crippen molar-refractivity contribution in [2.75, 3.05) is 32.1 Å². The van der Waals surface area contributed by atoms with Crippen LogP contribution in [0.3, 0.4) is 0 Å². The molecular formula is C25H38NO4P. The lowest BCUT2D eigenvalue weighted by Gasteiger charge is -2.34. The number of hydrogen-bond acceptors (Lipinski definition) is 5. The first kappa shape index (κ1) is 27.0. The number of ether oxygens (including phenoxy) is 1. The monoisotopic (exact) mass is 447 g/mol. The summed E-state index contributed by atoms with van der Waals surface area (Å²) in [7, 11) is -2.89. The zero-order chi connectivity index (χ0) is 23.3. The van der Waals surface area contributed by atoms with E-state index in [-0.39, 0.29) is 23.7 Å². The van der Waals surface area contributed by atoms with Gasteiger partial charge in [-0.3, -0.25) is 9.36 Å². The molecule has 1 N–H and O–H groups in total. The van der Waals surface area contributed by atoms with Crippen LogP contribution in [0.25, 0.3) is 0 Å². The number of carbonyl (C=O) groups is 1. The fourth-order valence-electron chi connectivity index (χ4n) is 3.34. The van der Waals surface area contributed by atoms with Crippen molar-refractivity contribution >= 4 is 13.2 Å². The Morgan fingerprint density at radius 3 is 2.74 bits per heavy atom. The largest absolute Gasteiger partial charge is 0.494 e. The Bertz CT molecular complexity index is 787. The molecule has 0 aromatic heterocycles. The van der Waals surface area contributed by atoms with Gasteiger partial charge in [-0.05, 0) is 24.0 Å². The van der Waals surface area contributed by atoms with Crippen LogP contribution in [0, 0.1) is 11.3 Å². The number of ketones is 1. The number of carbonyl (C=O) groups excluding carboxylic acids is 1. The molecule has 172 valence electrons. The third-order valence-electron chi connectivity index (χ3n) is 5.49. The highest BCUT2D eigenvalue weighted by atomic mass is 31.2. The Morgan fingerprint density at radius 2 is 2.06 bits per heavy atom. The summed E-state index contributed by atoms with van der Waals surface area (Å²) in [6.07, 6.45) is 11.4. The van der Waals surface area contributed by atoms with Gasteiger partial charge in [-0.2, -0.15) is 0 Å². The molecule has 0 amide bonds. The van der Waals surface area contributed by atoms with Gasteiger partial charge in [-0.15, -0.1) is 5.73 Å². The molecule has 1 aliphatic heterocycles. The van der Waals surface area contributed by atoms with Gasteiger partial charge in [0.1, 0.15) is 11.5 Å². The van der Waals surface area contributed by atoms with Crippen LogP contribution in [-0.4, -0.2) is 37.9 Å². The van der Waals surface area contributed by atoms with Crippen LogP contribution in [0.5, 0.6) is 0 Å². The maximum absolute atomic E-state index is 13.5. The second-order valence-corrected chi connectivity index (χ2v) is 11.1. The molecule has 0 aromatic rings. The first-order chi connectivity index (χ1) is 14.6. The molecule has 6 heteroatoms. The van der Waals surface area contributed by atoms with Gasteiger partial charge in [-0.1, -0.05) is 58.7 Å². The van der Waals surface area contributed by atoms with Crippen LogP contribution in [0.4, 0.5) is 0 Å². The first-order valence-electron chi connectivity index (χ1n) is 10.8. The molecule has 0 aromatic carbocycles.